The maximum atomic E-state index is 13.5. The number of ketones is 1. The third-order valence-corrected chi connectivity index (χ3v) is 11.0. The monoisotopic (exact) mass is 755 g/mol. The highest BCUT2D eigenvalue weighted by Crippen LogP contribution is 2.34. The van der Waals surface area contributed by atoms with Crippen LogP contribution in [0.1, 0.15) is 73.6 Å². The van der Waals surface area contributed by atoms with Crippen molar-refractivity contribution in [1.29, 1.82) is 0 Å². The van der Waals surface area contributed by atoms with Gasteiger partial charge in [0, 0.05) is 44.4 Å². The molecule has 304 valence electrons. The minimum absolute atomic E-state index is 0.0268. The van der Waals surface area contributed by atoms with Crippen molar-refractivity contribution in [3.8, 4) is 0 Å². The van der Waals surface area contributed by atoms with Gasteiger partial charge in [-0.25, -0.2) is 0 Å². The summed E-state index contributed by atoms with van der Waals surface area (Å²) in [6, 6.07) is -0.263. The van der Waals surface area contributed by atoms with Crippen LogP contribution in [0.4, 0.5) is 0 Å². The fourth-order valence-electron chi connectivity index (χ4n) is 7.68. The molecule has 2 fully saturated rings. The second-order valence-corrected chi connectivity index (χ2v) is 15.3. The first-order valence-electron chi connectivity index (χ1n) is 18.9. The van der Waals surface area contributed by atoms with E-state index in [1.54, 1.807) is 26.8 Å². The molecule has 16 unspecified atom stereocenters. The van der Waals surface area contributed by atoms with Gasteiger partial charge < -0.3 is 58.2 Å². The SMILES string of the molecule is CCC1OC(=O)CC(O)C(C)C(OC2OC(C)CC(N(C)C)C2O)C(CC=O)CC(C)C(=O)/C=C/C(C)=C/C1COC1OC(C)C(O)C(OC)C1OC. The number of esters is 1. The molecule has 53 heavy (non-hydrogen) atoms. The van der Waals surface area contributed by atoms with Gasteiger partial charge in [0.2, 0.25) is 0 Å². The van der Waals surface area contributed by atoms with Gasteiger partial charge in [0.1, 0.15) is 36.8 Å². The largest absolute Gasteiger partial charge is 0.462 e. The van der Waals surface area contributed by atoms with Crippen LogP contribution in [0, 0.1) is 23.7 Å². The molecular weight excluding hydrogens is 690 g/mol. The van der Waals surface area contributed by atoms with Crippen molar-refractivity contribution in [2.75, 3.05) is 34.9 Å². The molecule has 3 heterocycles. The van der Waals surface area contributed by atoms with Crippen LogP contribution in [0.15, 0.2) is 23.8 Å². The molecule has 0 spiro atoms. The maximum absolute atomic E-state index is 13.5. The van der Waals surface area contributed by atoms with Crippen molar-refractivity contribution in [2.24, 2.45) is 23.7 Å². The van der Waals surface area contributed by atoms with Crippen LogP contribution in [0.3, 0.4) is 0 Å². The summed E-state index contributed by atoms with van der Waals surface area (Å²) >= 11 is 0. The Morgan fingerprint density at radius 2 is 1.60 bits per heavy atom. The quantitative estimate of drug-likeness (QED) is 0.207. The molecule has 16 atom stereocenters. The highest BCUT2D eigenvalue weighted by Gasteiger charge is 2.46. The van der Waals surface area contributed by atoms with Gasteiger partial charge in [-0.2, -0.15) is 0 Å². The lowest BCUT2D eigenvalue weighted by atomic mass is 9.79. The number of allylic oxidation sites excluding steroid dienone is 3. The van der Waals surface area contributed by atoms with Gasteiger partial charge in [0.25, 0.3) is 0 Å². The molecule has 3 aliphatic heterocycles. The Morgan fingerprint density at radius 3 is 2.21 bits per heavy atom. The number of hydrogen-bond donors (Lipinski definition) is 3. The van der Waals surface area contributed by atoms with Crippen molar-refractivity contribution in [1.82, 2.24) is 4.90 Å². The van der Waals surface area contributed by atoms with E-state index in [9.17, 15) is 29.7 Å². The van der Waals surface area contributed by atoms with Gasteiger partial charge in [-0.15, -0.1) is 0 Å². The topological polar surface area (TPSA) is 180 Å². The van der Waals surface area contributed by atoms with E-state index in [4.69, 9.17) is 33.2 Å². The minimum atomic E-state index is -1.26. The Labute approximate surface area is 315 Å². The van der Waals surface area contributed by atoms with Crippen molar-refractivity contribution >= 4 is 18.0 Å². The molecule has 0 amide bonds. The van der Waals surface area contributed by atoms with Crippen LogP contribution in [0.5, 0.6) is 0 Å². The predicted octanol–water partition coefficient (Wildman–Crippen LogP) is 2.59. The Hall–Kier alpha value is -2.11. The lowest BCUT2D eigenvalue weighted by Crippen LogP contribution is -2.59. The summed E-state index contributed by atoms with van der Waals surface area (Å²) in [4.78, 5) is 41.0. The normalized spacial score (nSPS) is 42.8. The van der Waals surface area contributed by atoms with E-state index in [2.05, 4.69) is 0 Å². The number of hydrogen-bond acceptors (Lipinski definition) is 14. The highest BCUT2D eigenvalue weighted by atomic mass is 16.7. The van der Waals surface area contributed by atoms with Crippen LogP contribution in [0.2, 0.25) is 0 Å². The third kappa shape index (κ3) is 12.2. The molecule has 3 rings (SSSR count). The summed E-state index contributed by atoms with van der Waals surface area (Å²) in [5.74, 6) is -3.10. The second kappa shape index (κ2) is 21.3. The van der Waals surface area contributed by atoms with Crippen LogP contribution in [-0.2, 0) is 47.5 Å². The molecule has 2 saturated heterocycles. The lowest BCUT2D eigenvalue weighted by molar-refractivity contribution is -0.304. The van der Waals surface area contributed by atoms with Gasteiger partial charge >= 0.3 is 5.97 Å². The molecule has 0 aromatic rings. The fraction of sp³-hybridized carbons (Fsp3) is 0.821. The van der Waals surface area contributed by atoms with Gasteiger partial charge in [0.05, 0.1) is 37.4 Å². The molecule has 0 saturated carbocycles. The predicted molar refractivity (Wildman–Crippen MR) is 194 cm³/mol. The van der Waals surface area contributed by atoms with Gasteiger partial charge in [-0.1, -0.05) is 38.5 Å². The number of likely N-dealkylation sites (N-methyl/N-ethyl adjacent to an activating group) is 1. The minimum Gasteiger partial charge on any atom is -0.462 e. The molecule has 14 heteroatoms. The maximum Gasteiger partial charge on any atom is 0.308 e. The van der Waals surface area contributed by atoms with E-state index in [0.29, 0.717) is 12.8 Å². The Morgan fingerprint density at radius 1 is 0.925 bits per heavy atom. The summed E-state index contributed by atoms with van der Waals surface area (Å²) in [5.41, 5.74) is 0.722. The average Bonchev–Trinajstić information content (AvgIpc) is 3.11. The Balaban J connectivity index is 1.95. The first-order valence-corrected chi connectivity index (χ1v) is 18.9. The van der Waals surface area contributed by atoms with E-state index in [-0.39, 0.29) is 43.8 Å². The van der Waals surface area contributed by atoms with Gasteiger partial charge in [-0.3, -0.25) is 9.59 Å². The smallest absolute Gasteiger partial charge is 0.308 e. The van der Waals surface area contributed by atoms with Crippen molar-refractivity contribution < 1.29 is 62.9 Å². The van der Waals surface area contributed by atoms with Gasteiger partial charge in [-0.05, 0) is 66.1 Å². The zero-order valence-corrected chi connectivity index (χ0v) is 33.2. The molecule has 3 aliphatic rings. The summed E-state index contributed by atoms with van der Waals surface area (Å²) in [5, 5.41) is 33.4. The summed E-state index contributed by atoms with van der Waals surface area (Å²) in [7, 11) is 6.68. The van der Waals surface area contributed by atoms with Crippen molar-refractivity contribution in [3.05, 3.63) is 23.8 Å². The number of nitrogens with zero attached hydrogens (tertiary/aromatic N) is 1. The van der Waals surface area contributed by atoms with Crippen LogP contribution < -0.4 is 0 Å². The standard InChI is InChI=1S/C39H65NO13/c1-11-31-27(20-49-39-37(48-10)36(47-9)33(45)25(6)51-39)16-21(2)12-13-29(42)22(3)17-26(14-15-41)35(24(5)30(43)19-32(44)52-31)53-38-34(46)28(40(7)8)18-23(4)50-38/h12-13,15-16,22-28,30-31,33-39,43,45-46H,11,14,17-20H2,1-10H3/b13-12+,21-16+. The van der Waals surface area contributed by atoms with Crippen molar-refractivity contribution in [2.45, 2.75) is 147 Å². The van der Waals surface area contributed by atoms with Crippen LogP contribution in [-0.4, -0.2) is 147 Å². The number of aldehydes is 1. The lowest BCUT2D eigenvalue weighted by Gasteiger charge is -2.44. The molecule has 3 N–H and O–H groups in total. The average molecular weight is 756 g/mol. The molecule has 0 bridgehead atoms. The number of aliphatic hydroxyl groups excluding tert-OH is 3. The first kappa shape index (κ1) is 45.3. The van der Waals surface area contributed by atoms with E-state index in [0.717, 1.165) is 11.9 Å². The van der Waals surface area contributed by atoms with E-state index < -0.39 is 91.1 Å². The summed E-state index contributed by atoms with van der Waals surface area (Å²) in [6.45, 7) is 10.8. The van der Waals surface area contributed by atoms with E-state index in [1.165, 1.54) is 20.3 Å². The molecule has 0 aliphatic carbocycles. The Kier molecular flexibility index (Phi) is 18.2. The molecule has 0 radical (unpaired) electrons. The Bertz CT molecular complexity index is 1230. The van der Waals surface area contributed by atoms with Crippen LogP contribution >= 0.6 is 0 Å². The van der Waals surface area contributed by atoms with Crippen LogP contribution in [0.25, 0.3) is 0 Å². The number of carbonyl (C=O) groups excluding carboxylic acids is 3. The molecule has 0 aromatic heterocycles. The molecule has 0 aromatic carbocycles. The first-order chi connectivity index (χ1) is 25.1. The van der Waals surface area contributed by atoms with Crippen molar-refractivity contribution in [3.63, 3.8) is 0 Å². The number of rotatable bonds is 11. The fourth-order valence-corrected chi connectivity index (χ4v) is 7.68. The number of methoxy groups -OCH3 is 2. The van der Waals surface area contributed by atoms with Gasteiger partial charge in [0.15, 0.2) is 18.4 Å². The summed E-state index contributed by atoms with van der Waals surface area (Å²) in [6.07, 6.45) is -2.33. The molecular formula is C39H65NO13. The van der Waals surface area contributed by atoms with E-state index in [1.807, 2.05) is 45.8 Å². The number of carbonyl (C=O) groups is 3. The number of aliphatic hydroxyl groups is 3. The third-order valence-electron chi connectivity index (χ3n) is 11.0. The second-order valence-electron chi connectivity index (χ2n) is 15.3. The summed E-state index contributed by atoms with van der Waals surface area (Å²) < 4.78 is 41.9. The van der Waals surface area contributed by atoms with E-state index >= 15 is 0 Å². The highest BCUT2D eigenvalue weighted by molar-refractivity contribution is 5.91. The zero-order valence-electron chi connectivity index (χ0n) is 33.2. The zero-order chi connectivity index (χ0) is 39.6. The number of ether oxygens (including phenoxy) is 7. The number of cyclic esters (lactones) is 1. The molecule has 14 nitrogen and oxygen atoms in total.